The summed E-state index contributed by atoms with van der Waals surface area (Å²) in [7, 11) is 0. The minimum atomic E-state index is 0.413. The molecule has 1 aromatic rings. The summed E-state index contributed by atoms with van der Waals surface area (Å²) in [6, 6.07) is 2.11. The number of hydrogen-bond donors (Lipinski definition) is 1. The molecule has 1 aromatic heterocycles. The molecule has 2 N–H and O–H groups in total. The molecule has 0 aromatic carbocycles. The Kier molecular flexibility index (Phi) is 3.83. The van der Waals surface area contributed by atoms with E-state index >= 15 is 0 Å². The minimum absolute atomic E-state index is 0.413. The van der Waals surface area contributed by atoms with E-state index in [4.69, 9.17) is 10.2 Å². The van der Waals surface area contributed by atoms with E-state index in [0.29, 0.717) is 12.0 Å². The number of rotatable bonds is 3. The van der Waals surface area contributed by atoms with Gasteiger partial charge in [-0.05, 0) is 37.3 Å². The van der Waals surface area contributed by atoms with Gasteiger partial charge in [0.05, 0.1) is 6.54 Å². The highest BCUT2D eigenvalue weighted by molar-refractivity contribution is 5.20. The second kappa shape index (κ2) is 5.06. The number of likely N-dealkylation sites (tertiary alicyclic amines) is 1. The first-order valence-corrected chi connectivity index (χ1v) is 6.90. The van der Waals surface area contributed by atoms with Gasteiger partial charge in [0.2, 0.25) is 0 Å². The second-order valence-corrected chi connectivity index (χ2v) is 6.59. The molecule has 1 saturated heterocycles. The first-order chi connectivity index (χ1) is 8.40. The van der Waals surface area contributed by atoms with Crippen LogP contribution in [0.2, 0.25) is 0 Å². The van der Waals surface area contributed by atoms with E-state index < -0.39 is 0 Å². The lowest BCUT2D eigenvalue weighted by molar-refractivity contribution is 0.219. The Morgan fingerprint density at radius 2 is 2.17 bits per heavy atom. The Bertz CT molecular complexity index is 403. The van der Waals surface area contributed by atoms with Crippen LogP contribution in [-0.4, -0.2) is 18.0 Å². The molecule has 102 valence electrons. The number of nitrogens with zero attached hydrogens (tertiary/aromatic N) is 1. The van der Waals surface area contributed by atoms with E-state index in [0.717, 1.165) is 29.5 Å². The Balaban J connectivity index is 1.95. The van der Waals surface area contributed by atoms with Crippen LogP contribution in [0.3, 0.4) is 0 Å². The van der Waals surface area contributed by atoms with Crippen LogP contribution in [0, 0.1) is 18.3 Å². The van der Waals surface area contributed by atoms with Gasteiger partial charge in [-0.1, -0.05) is 20.8 Å². The predicted octanol–water partition coefficient (Wildman–Crippen LogP) is 2.91. The number of nitrogens with two attached hydrogens (primary N) is 1. The fraction of sp³-hybridized carbons (Fsp3) is 0.733. The summed E-state index contributed by atoms with van der Waals surface area (Å²) in [6.45, 7) is 12.9. The molecule has 2 heterocycles. The van der Waals surface area contributed by atoms with Gasteiger partial charge >= 0.3 is 0 Å². The molecule has 0 radical (unpaired) electrons. The Morgan fingerprint density at radius 1 is 1.44 bits per heavy atom. The second-order valence-electron chi connectivity index (χ2n) is 6.59. The third-order valence-corrected chi connectivity index (χ3v) is 4.17. The zero-order valence-corrected chi connectivity index (χ0v) is 12.1. The summed E-state index contributed by atoms with van der Waals surface area (Å²) in [5.74, 6) is 2.82. The van der Waals surface area contributed by atoms with E-state index in [9.17, 15) is 0 Å². The van der Waals surface area contributed by atoms with Gasteiger partial charge in [-0.3, -0.25) is 4.90 Å². The summed E-state index contributed by atoms with van der Waals surface area (Å²) in [5, 5.41) is 0. The molecule has 0 amide bonds. The average molecular weight is 250 g/mol. The van der Waals surface area contributed by atoms with Crippen molar-refractivity contribution in [2.75, 3.05) is 13.1 Å². The normalized spacial score (nSPS) is 21.7. The van der Waals surface area contributed by atoms with Crippen molar-refractivity contribution in [3.8, 4) is 0 Å². The molecular weight excluding hydrogens is 224 g/mol. The van der Waals surface area contributed by atoms with Crippen molar-refractivity contribution in [1.82, 2.24) is 4.90 Å². The third kappa shape index (κ3) is 2.96. The first kappa shape index (κ1) is 13.6. The maximum atomic E-state index is 5.77. The quantitative estimate of drug-likeness (QED) is 0.897. The van der Waals surface area contributed by atoms with E-state index in [1.54, 1.807) is 0 Å². The van der Waals surface area contributed by atoms with Gasteiger partial charge in [0.25, 0.3) is 0 Å². The van der Waals surface area contributed by atoms with E-state index in [1.165, 1.54) is 19.5 Å². The topological polar surface area (TPSA) is 42.4 Å². The lowest BCUT2D eigenvalue weighted by atomic mass is 9.80. The highest BCUT2D eigenvalue weighted by Crippen LogP contribution is 2.34. The lowest BCUT2D eigenvalue weighted by Crippen LogP contribution is -2.25. The fourth-order valence-corrected chi connectivity index (χ4v) is 2.77. The highest BCUT2D eigenvalue weighted by Gasteiger charge is 2.31. The summed E-state index contributed by atoms with van der Waals surface area (Å²) in [5.41, 5.74) is 7.23. The van der Waals surface area contributed by atoms with Crippen LogP contribution in [0.1, 0.15) is 44.3 Å². The van der Waals surface area contributed by atoms with Crippen LogP contribution < -0.4 is 5.73 Å². The summed E-state index contributed by atoms with van der Waals surface area (Å²) in [6.07, 6.45) is 1.30. The molecule has 1 atom stereocenters. The zero-order chi connectivity index (χ0) is 13.3. The smallest absolute Gasteiger partial charge is 0.118 e. The van der Waals surface area contributed by atoms with Crippen molar-refractivity contribution in [2.45, 2.75) is 47.2 Å². The van der Waals surface area contributed by atoms with Crippen LogP contribution in [0.25, 0.3) is 0 Å². The Hall–Kier alpha value is -0.800. The average Bonchev–Trinajstić information content (AvgIpc) is 2.85. The van der Waals surface area contributed by atoms with Crippen molar-refractivity contribution < 1.29 is 4.42 Å². The van der Waals surface area contributed by atoms with Crippen molar-refractivity contribution in [3.63, 3.8) is 0 Å². The number of hydrogen-bond acceptors (Lipinski definition) is 3. The molecule has 0 bridgehead atoms. The maximum absolute atomic E-state index is 5.77. The zero-order valence-electron chi connectivity index (χ0n) is 12.1. The van der Waals surface area contributed by atoms with Gasteiger partial charge in [0, 0.05) is 18.7 Å². The van der Waals surface area contributed by atoms with Gasteiger partial charge in [-0.2, -0.15) is 0 Å². The maximum Gasteiger partial charge on any atom is 0.118 e. The number of furan rings is 1. The third-order valence-electron chi connectivity index (χ3n) is 4.17. The predicted molar refractivity (Wildman–Crippen MR) is 74.2 cm³/mol. The SMILES string of the molecule is Cc1oc(CN2CCC(C(C)(C)C)C2)cc1CN. The molecule has 3 heteroatoms. The van der Waals surface area contributed by atoms with Crippen LogP contribution >= 0.6 is 0 Å². The standard InChI is InChI=1S/C15H26N2O/c1-11-12(8-16)7-14(18-11)10-17-6-5-13(9-17)15(2,3)4/h7,13H,5-6,8-10,16H2,1-4H3. The van der Waals surface area contributed by atoms with Crippen molar-refractivity contribution in [3.05, 3.63) is 23.2 Å². The van der Waals surface area contributed by atoms with Crippen molar-refractivity contribution in [2.24, 2.45) is 17.1 Å². The van der Waals surface area contributed by atoms with Gasteiger partial charge in [0.1, 0.15) is 11.5 Å². The van der Waals surface area contributed by atoms with Gasteiger partial charge in [-0.25, -0.2) is 0 Å². The molecule has 0 aliphatic carbocycles. The van der Waals surface area contributed by atoms with Gasteiger partial charge in [-0.15, -0.1) is 0 Å². The molecule has 1 fully saturated rings. The van der Waals surface area contributed by atoms with Crippen LogP contribution in [0.4, 0.5) is 0 Å². The monoisotopic (exact) mass is 250 g/mol. The van der Waals surface area contributed by atoms with Gasteiger partial charge < -0.3 is 10.2 Å². The summed E-state index contributed by atoms with van der Waals surface area (Å²) in [4.78, 5) is 2.49. The van der Waals surface area contributed by atoms with Gasteiger partial charge in [0.15, 0.2) is 0 Å². The molecule has 1 unspecified atom stereocenters. The molecule has 18 heavy (non-hydrogen) atoms. The fourth-order valence-electron chi connectivity index (χ4n) is 2.77. The van der Waals surface area contributed by atoms with Crippen LogP contribution in [-0.2, 0) is 13.1 Å². The van der Waals surface area contributed by atoms with E-state index in [1.807, 2.05) is 6.92 Å². The van der Waals surface area contributed by atoms with E-state index in [-0.39, 0.29) is 0 Å². The molecule has 1 aliphatic rings. The molecule has 0 saturated carbocycles. The van der Waals surface area contributed by atoms with E-state index in [2.05, 4.69) is 31.7 Å². The molecular formula is C15H26N2O. The van der Waals surface area contributed by atoms with Crippen molar-refractivity contribution >= 4 is 0 Å². The summed E-state index contributed by atoms with van der Waals surface area (Å²) < 4.78 is 5.77. The van der Waals surface area contributed by atoms with Crippen LogP contribution in [0.15, 0.2) is 10.5 Å². The molecule has 3 nitrogen and oxygen atoms in total. The van der Waals surface area contributed by atoms with Crippen molar-refractivity contribution in [1.29, 1.82) is 0 Å². The molecule has 1 aliphatic heterocycles. The number of aryl methyl sites for hydroxylation is 1. The highest BCUT2D eigenvalue weighted by atomic mass is 16.3. The first-order valence-electron chi connectivity index (χ1n) is 6.90. The minimum Gasteiger partial charge on any atom is -0.465 e. The summed E-state index contributed by atoms with van der Waals surface area (Å²) >= 11 is 0. The van der Waals surface area contributed by atoms with Crippen LogP contribution in [0.5, 0.6) is 0 Å². The lowest BCUT2D eigenvalue weighted by Gasteiger charge is -2.26. The Labute approximate surface area is 110 Å². The largest absolute Gasteiger partial charge is 0.465 e. The molecule has 0 spiro atoms. The molecule has 2 rings (SSSR count). The Morgan fingerprint density at radius 3 is 2.67 bits per heavy atom.